The molecule has 2 rings (SSSR count). The van der Waals surface area contributed by atoms with Gasteiger partial charge in [0, 0.05) is 19.1 Å². The Bertz CT molecular complexity index is 290. The number of likely N-dealkylation sites (tertiary alicyclic amines) is 1. The van der Waals surface area contributed by atoms with E-state index in [1.807, 2.05) is 0 Å². The molecule has 1 aliphatic heterocycles. The van der Waals surface area contributed by atoms with Crippen LogP contribution < -0.4 is 0 Å². The van der Waals surface area contributed by atoms with Crippen molar-refractivity contribution in [2.75, 3.05) is 33.7 Å². The lowest BCUT2D eigenvalue weighted by molar-refractivity contribution is 0.00109. The van der Waals surface area contributed by atoms with Gasteiger partial charge in [0.15, 0.2) is 0 Å². The molecule has 0 bridgehead atoms. The summed E-state index contributed by atoms with van der Waals surface area (Å²) in [5, 5.41) is 10.3. The molecule has 0 aromatic heterocycles. The van der Waals surface area contributed by atoms with Gasteiger partial charge >= 0.3 is 0 Å². The van der Waals surface area contributed by atoms with Crippen molar-refractivity contribution in [1.82, 2.24) is 9.80 Å². The maximum absolute atomic E-state index is 10.3. The van der Waals surface area contributed by atoms with Crippen LogP contribution in [0.2, 0.25) is 0 Å². The van der Waals surface area contributed by atoms with Crippen LogP contribution in [-0.2, 0) is 0 Å². The first-order valence-corrected chi connectivity index (χ1v) is 7.94. The highest BCUT2D eigenvalue weighted by atomic mass is 16.3. The highest BCUT2D eigenvalue weighted by Gasteiger charge is 2.36. The second kappa shape index (κ2) is 6.11. The maximum Gasteiger partial charge on any atom is 0.0581 e. The number of aliphatic hydroxyl groups is 1. The minimum Gasteiger partial charge on any atom is -0.393 e. The maximum atomic E-state index is 10.3. The van der Waals surface area contributed by atoms with Crippen LogP contribution in [0.25, 0.3) is 0 Å². The Morgan fingerprint density at radius 3 is 2.68 bits per heavy atom. The van der Waals surface area contributed by atoms with Gasteiger partial charge in [-0.1, -0.05) is 13.8 Å². The number of hydrogen-bond acceptors (Lipinski definition) is 3. The Balaban J connectivity index is 1.91. The molecule has 1 saturated carbocycles. The summed E-state index contributed by atoms with van der Waals surface area (Å²) < 4.78 is 0. The van der Waals surface area contributed by atoms with Gasteiger partial charge in [-0.25, -0.2) is 0 Å². The van der Waals surface area contributed by atoms with E-state index >= 15 is 0 Å². The van der Waals surface area contributed by atoms with Gasteiger partial charge in [0.05, 0.1) is 6.10 Å². The van der Waals surface area contributed by atoms with E-state index < -0.39 is 0 Å². The highest BCUT2D eigenvalue weighted by molar-refractivity contribution is 4.89. The largest absolute Gasteiger partial charge is 0.393 e. The van der Waals surface area contributed by atoms with Gasteiger partial charge in [0.1, 0.15) is 0 Å². The third-order valence-corrected chi connectivity index (χ3v) is 5.02. The van der Waals surface area contributed by atoms with Gasteiger partial charge in [-0.2, -0.15) is 0 Å². The van der Waals surface area contributed by atoms with E-state index in [0.717, 1.165) is 19.5 Å². The van der Waals surface area contributed by atoms with E-state index in [1.165, 1.54) is 32.2 Å². The summed E-state index contributed by atoms with van der Waals surface area (Å²) in [6.45, 7) is 8.19. The molecule has 2 fully saturated rings. The lowest BCUT2D eigenvalue weighted by Gasteiger charge is -2.41. The standard InChI is InChI=1S/C16H32N2O/c1-16(2)8-7-15(19)13(10-16)11-18-9-5-6-14(18)12-17(3)4/h13-15,19H,5-12H2,1-4H3. The predicted octanol–water partition coefficient (Wildman–Crippen LogP) is 2.20. The number of hydrogen-bond donors (Lipinski definition) is 1. The fourth-order valence-electron chi connectivity index (χ4n) is 3.97. The molecule has 3 atom stereocenters. The fourth-order valence-corrected chi connectivity index (χ4v) is 3.97. The summed E-state index contributed by atoms with van der Waals surface area (Å²) in [6, 6.07) is 0.701. The molecule has 3 heteroatoms. The fraction of sp³-hybridized carbons (Fsp3) is 1.00. The van der Waals surface area contributed by atoms with E-state index in [1.54, 1.807) is 0 Å². The number of rotatable bonds is 4. The quantitative estimate of drug-likeness (QED) is 0.847. The molecule has 0 amide bonds. The van der Waals surface area contributed by atoms with Crippen LogP contribution in [0.15, 0.2) is 0 Å². The van der Waals surface area contributed by atoms with Crippen molar-refractivity contribution in [3.8, 4) is 0 Å². The summed E-state index contributed by atoms with van der Waals surface area (Å²) >= 11 is 0. The second-order valence-corrected chi connectivity index (χ2v) is 7.79. The lowest BCUT2D eigenvalue weighted by Crippen LogP contribution is -2.45. The molecule has 1 aliphatic carbocycles. The molecule has 19 heavy (non-hydrogen) atoms. The van der Waals surface area contributed by atoms with Crippen LogP contribution in [-0.4, -0.2) is 60.8 Å². The summed E-state index contributed by atoms with van der Waals surface area (Å²) in [4.78, 5) is 4.93. The Morgan fingerprint density at radius 1 is 1.26 bits per heavy atom. The van der Waals surface area contributed by atoms with E-state index in [0.29, 0.717) is 17.4 Å². The number of likely N-dealkylation sites (N-methyl/N-ethyl adjacent to an activating group) is 1. The zero-order valence-electron chi connectivity index (χ0n) is 13.2. The van der Waals surface area contributed by atoms with Gasteiger partial charge in [-0.05, 0) is 64.1 Å². The highest BCUT2D eigenvalue weighted by Crippen LogP contribution is 2.39. The minimum absolute atomic E-state index is 0.0753. The molecule has 0 radical (unpaired) electrons. The van der Waals surface area contributed by atoms with Gasteiger partial charge in [-0.15, -0.1) is 0 Å². The topological polar surface area (TPSA) is 26.7 Å². The van der Waals surface area contributed by atoms with Crippen LogP contribution in [0.4, 0.5) is 0 Å². The predicted molar refractivity (Wildman–Crippen MR) is 80.3 cm³/mol. The normalized spacial score (nSPS) is 36.0. The van der Waals surface area contributed by atoms with E-state index in [-0.39, 0.29) is 6.10 Å². The van der Waals surface area contributed by atoms with Crippen LogP contribution in [0.1, 0.15) is 46.0 Å². The molecule has 1 saturated heterocycles. The molecule has 0 aromatic carbocycles. The van der Waals surface area contributed by atoms with Crippen molar-refractivity contribution in [3.63, 3.8) is 0 Å². The first-order chi connectivity index (χ1) is 8.87. The molecule has 3 nitrogen and oxygen atoms in total. The first kappa shape index (κ1) is 15.3. The first-order valence-electron chi connectivity index (χ1n) is 7.94. The van der Waals surface area contributed by atoms with Crippen molar-refractivity contribution in [1.29, 1.82) is 0 Å². The van der Waals surface area contributed by atoms with Crippen molar-refractivity contribution in [2.45, 2.75) is 58.1 Å². The second-order valence-electron chi connectivity index (χ2n) is 7.79. The van der Waals surface area contributed by atoms with Crippen molar-refractivity contribution in [2.24, 2.45) is 11.3 Å². The Kier molecular flexibility index (Phi) is 4.91. The van der Waals surface area contributed by atoms with Crippen molar-refractivity contribution < 1.29 is 5.11 Å². The number of nitrogens with zero attached hydrogens (tertiary/aromatic N) is 2. The van der Waals surface area contributed by atoms with Gasteiger partial charge in [0.25, 0.3) is 0 Å². The molecule has 1 heterocycles. The SMILES string of the molecule is CN(C)CC1CCCN1CC1CC(C)(C)CCC1O. The van der Waals surface area contributed by atoms with Crippen LogP contribution in [0, 0.1) is 11.3 Å². The van der Waals surface area contributed by atoms with E-state index in [9.17, 15) is 5.11 Å². The molecule has 0 spiro atoms. The summed E-state index contributed by atoms with van der Waals surface area (Å²) in [7, 11) is 4.32. The van der Waals surface area contributed by atoms with Gasteiger partial charge < -0.3 is 10.0 Å². The summed E-state index contributed by atoms with van der Waals surface area (Å²) in [5.41, 5.74) is 0.417. The monoisotopic (exact) mass is 268 g/mol. The van der Waals surface area contributed by atoms with Crippen molar-refractivity contribution in [3.05, 3.63) is 0 Å². The number of aliphatic hydroxyl groups excluding tert-OH is 1. The third kappa shape index (κ3) is 4.17. The molecule has 2 aliphatic rings. The Hall–Kier alpha value is -0.120. The van der Waals surface area contributed by atoms with Crippen molar-refractivity contribution >= 4 is 0 Å². The lowest BCUT2D eigenvalue weighted by atomic mass is 9.70. The summed E-state index contributed by atoms with van der Waals surface area (Å²) in [6.07, 6.45) is 5.91. The zero-order valence-corrected chi connectivity index (χ0v) is 13.2. The Labute approximate surface area is 119 Å². The van der Waals surface area contributed by atoms with E-state index in [4.69, 9.17) is 0 Å². The van der Waals surface area contributed by atoms with Crippen LogP contribution >= 0.6 is 0 Å². The van der Waals surface area contributed by atoms with E-state index in [2.05, 4.69) is 37.7 Å². The molecular weight excluding hydrogens is 236 g/mol. The molecule has 0 aromatic rings. The smallest absolute Gasteiger partial charge is 0.0581 e. The average molecular weight is 268 g/mol. The molecular formula is C16H32N2O. The van der Waals surface area contributed by atoms with Gasteiger partial charge in [0.2, 0.25) is 0 Å². The zero-order chi connectivity index (χ0) is 14.0. The summed E-state index contributed by atoms with van der Waals surface area (Å²) in [5.74, 6) is 0.478. The average Bonchev–Trinajstić information content (AvgIpc) is 2.70. The molecule has 1 N–H and O–H groups in total. The minimum atomic E-state index is -0.0753. The van der Waals surface area contributed by atoms with Crippen LogP contribution in [0.5, 0.6) is 0 Å². The third-order valence-electron chi connectivity index (χ3n) is 5.02. The van der Waals surface area contributed by atoms with Crippen LogP contribution in [0.3, 0.4) is 0 Å². The molecule has 3 unspecified atom stereocenters. The van der Waals surface area contributed by atoms with Gasteiger partial charge in [-0.3, -0.25) is 4.90 Å². The molecule has 112 valence electrons. The Morgan fingerprint density at radius 2 is 2.00 bits per heavy atom.